The smallest absolute Gasteiger partial charge is 0.0542 e. The first-order valence-electron chi connectivity index (χ1n) is 6.24. The molecule has 0 bridgehead atoms. The summed E-state index contributed by atoms with van der Waals surface area (Å²) < 4.78 is 0. The van der Waals surface area contributed by atoms with E-state index in [0.29, 0.717) is 11.3 Å². The fourth-order valence-electron chi connectivity index (χ4n) is 2.62. The van der Waals surface area contributed by atoms with Gasteiger partial charge in [0, 0.05) is 31.4 Å². The molecule has 2 unspecified atom stereocenters. The predicted octanol–water partition coefficient (Wildman–Crippen LogP) is 2.29. The van der Waals surface area contributed by atoms with Gasteiger partial charge in [0.05, 0.1) is 5.25 Å². The zero-order valence-electron chi connectivity index (χ0n) is 10.1. The van der Waals surface area contributed by atoms with Crippen molar-refractivity contribution in [3.63, 3.8) is 0 Å². The molecule has 3 aliphatic rings. The minimum absolute atomic E-state index is 0.516. The molecule has 2 atom stereocenters. The topological polar surface area (TPSA) is 15.3 Å². The molecule has 0 saturated carbocycles. The highest BCUT2D eigenvalue weighted by Crippen LogP contribution is 2.35. The molecule has 17 heavy (non-hydrogen) atoms. The Kier molecular flexibility index (Phi) is 3.12. The third-order valence-corrected chi connectivity index (χ3v) is 4.53. The Bertz CT molecular complexity index is 420. The van der Waals surface area contributed by atoms with Crippen molar-refractivity contribution < 1.29 is 0 Å². The molecule has 2 aliphatic heterocycles. The highest BCUT2D eigenvalue weighted by Gasteiger charge is 2.25. The van der Waals surface area contributed by atoms with Crippen LogP contribution in [0.15, 0.2) is 47.1 Å². The fourth-order valence-corrected chi connectivity index (χ4v) is 3.52. The second-order valence-corrected chi connectivity index (χ2v) is 5.74. The molecule has 2 heterocycles. The van der Waals surface area contributed by atoms with E-state index in [2.05, 4.69) is 52.9 Å². The third-order valence-electron chi connectivity index (χ3n) is 3.54. The van der Waals surface area contributed by atoms with Gasteiger partial charge in [-0.1, -0.05) is 24.3 Å². The van der Waals surface area contributed by atoms with E-state index in [0.717, 1.165) is 19.6 Å². The Morgan fingerprint density at radius 3 is 3.18 bits per heavy atom. The lowest BCUT2D eigenvalue weighted by Gasteiger charge is -2.39. The minimum Gasteiger partial charge on any atom is -0.366 e. The van der Waals surface area contributed by atoms with Gasteiger partial charge in [0.15, 0.2) is 0 Å². The average Bonchev–Trinajstić information content (AvgIpc) is 2.39. The number of piperazine rings is 1. The molecular weight excluding hydrogens is 228 g/mol. The quantitative estimate of drug-likeness (QED) is 0.764. The summed E-state index contributed by atoms with van der Waals surface area (Å²) in [4.78, 5) is 2.54. The van der Waals surface area contributed by atoms with E-state index < -0.39 is 0 Å². The summed E-state index contributed by atoms with van der Waals surface area (Å²) in [7, 11) is 0. The number of nitrogens with zero attached hydrogens (tertiary/aromatic N) is 1. The molecule has 1 saturated heterocycles. The first-order valence-corrected chi connectivity index (χ1v) is 7.19. The Morgan fingerprint density at radius 1 is 1.35 bits per heavy atom. The Labute approximate surface area is 107 Å². The van der Waals surface area contributed by atoms with Crippen LogP contribution < -0.4 is 5.32 Å². The molecule has 0 aromatic heterocycles. The maximum Gasteiger partial charge on any atom is 0.0542 e. The van der Waals surface area contributed by atoms with Crippen LogP contribution in [0.25, 0.3) is 0 Å². The van der Waals surface area contributed by atoms with Gasteiger partial charge in [0.2, 0.25) is 0 Å². The van der Waals surface area contributed by atoms with Crippen LogP contribution in [0.4, 0.5) is 0 Å². The van der Waals surface area contributed by atoms with Crippen molar-refractivity contribution in [2.24, 2.45) is 0 Å². The first kappa shape index (κ1) is 11.2. The van der Waals surface area contributed by atoms with Crippen LogP contribution >= 0.6 is 11.8 Å². The first-order chi connectivity index (χ1) is 8.36. The molecule has 0 amide bonds. The Hall–Kier alpha value is -0.930. The minimum atomic E-state index is 0.516. The second-order valence-electron chi connectivity index (χ2n) is 4.69. The lowest BCUT2D eigenvalue weighted by molar-refractivity contribution is 0.228. The van der Waals surface area contributed by atoms with E-state index in [4.69, 9.17) is 0 Å². The maximum absolute atomic E-state index is 3.45. The molecule has 90 valence electrons. The summed E-state index contributed by atoms with van der Waals surface area (Å²) in [5, 5.41) is 6.20. The van der Waals surface area contributed by atoms with Crippen molar-refractivity contribution in [2.45, 2.75) is 18.2 Å². The van der Waals surface area contributed by atoms with Crippen molar-refractivity contribution in [3.8, 4) is 0 Å². The summed E-state index contributed by atoms with van der Waals surface area (Å²) in [5.74, 6) is 0. The standard InChI is InChI=1S/C14H18N2S/c1-11-10-15-7-8-16(11)13-6-9-17-14-5-3-2-4-12(13)14/h2-6,9,11,14-15H,7-8,10H2,1H3. The Morgan fingerprint density at radius 2 is 2.29 bits per heavy atom. The number of thioether (sulfide) groups is 1. The number of fused-ring (bicyclic) bond motifs is 1. The lowest BCUT2D eigenvalue weighted by atomic mass is 10.0. The predicted molar refractivity (Wildman–Crippen MR) is 74.9 cm³/mol. The van der Waals surface area contributed by atoms with Crippen LogP contribution in [-0.2, 0) is 0 Å². The summed E-state index contributed by atoms with van der Waals surface area (Å²) in [6, 6.07) is 0.582. The second kappa shape index (κ2) is 4.75. The van der Waals surface area contributed by atoms with Crippen LogP contribution in [0.1, 0.15) is 6.92 Å². The number of nitrogens with one attached hydrogen (secondary N) is 1. The zero-order valence-corrected chi connectivity index (χ0v) is 10.9. The van der Waals surface area contributed by atoms with E-state index in [1.807, 2.05) is 11.8 Å². The molecule has 1 aliphatic carbocycles. The Balaban J connectivity index is 1.94. The van der Waals surface area contributed by atoms with Gasteiger partial charge < -0.3 is 10.2 Å². The van der Waals surface area contributed by atoms with Crippen molar-refractivity contribution >= 4 is 11.8 Å². The molecule has 3 rings (SSSR count). The molecule has 0 aromatic rings. The van der Waals surface area contributed by atoms with Crippen LogP contribution in [-0.4, -0.2) is 35.8 Å². The highest BCUT2D eigenvalue weighted by molar-refractivity contribution is 8.03. The molecule has 2 nitrogen and oxygen atoms in total. The molecule has 0 aromatic carbocycles. The van der Waals surface area contributed by atoms with Gasteiger partial charge in [0.1, 0.15) is 0 Å². The monoisotopic (exact) mass is 246 g/mol. The van der Waals surface area contributed by atoms with E-state index in [-0.39, 0.29) is 0 Å². The molecular formula is C14H18N2S. The van der Waals surface area contributed by atoms with Crippen molar-refractivity contribution in [3.05, 3.63) is 47.1 Å². The summed E-state index contributed by atoms with van der Waals surface area (Å²) in [6.07, 6.45) is 11.1. The molecule has 0 spiro atoms. The van der Waals surface area contributed by atoms with Gasteiger partial charge in [-0.05, 0) is 24.0 Å². The van der Waals surface area contributed by atoms with Crippen LogP contribution in [0.2, 0.25) is 0 Å². The summed E-state index contributed by atoms with van der Waals surface area (Å²) in [6.45, 7) is 5.58. The van der Waals surface area contributed by atoms with E-state index >= 15 is 0 Å². The number of hydrogen-bond donors (Lipinski definition) is 1. The van der Waals surface area contributed by atoms with Gasteiger partial charge in [0.25, 0.3) is 0 Å². The van der Waals surface area contributed by atoms with Gasteiger partial charge >= 0.3 is 0 Å². The number of rotatable bonds is 1. The van der Waals surface area contributed by atoms with E-state index in [9.17, 15) is 0 Å². The maximum atomic E-state index is 3.45. The number of hydrogen-bond acceptors (Lipinski definition) is 3. The van der Waals surface area contributed by atoms with Crippen molar-refractivity contribution in [2.75, 3.05) is 19.6 Å². The molecule has 0 radical (unpaired) electrons. The zero-order chi connectivity index (χ0) is 11.7. The largest absolute Gasteiger partial charge is 0.366 e. The third kappa shape index (κ3) is 2.09. The highest BCUT2D eigenvalue weighted by atomic mass is 32.2. The van der Waals surface area contributed by atoms with Crippen LogP contribution in [0, 0.1) is 0 Å². The normalized spacial score (nSPS) is 31.9. The number of allylic oxidation sites excluding steroid dienone is 4. The molecule has 1 fully saturated rings. The van der Waals surface area contributed by atoms with E-state index in [1.54, 1.807) is 0 Å². The van der Waals surface area contributed by atoms with Crippen LogP contribution in [0.5, 0.6) is 0 Å². The average molecular weight is 246 g/mol. The van der Waals surface area contributed by atoms with Gasteiger partial charge in [-0.25, -0.2) is 0 Å². The summed E-state index contributed by atoms with van der Waals surface area (Å²) in [5.41, 5.74) is 2.89. The van der Waals surface area contributed by atoms with Crippen LogP contribution in [0.3, 0.4) is 0 Å². The van der Waals surface area contributed by atoms with Gasteiger partial charge in [-0.3, -0.25) is 0 Å². The van der Waals surface area contributed by atoms with E-state index in [1.165, 1.54) is 11.3 Å². The molecule has 3 heteroatoms. The molecule has 1 N–H and O–H groups in total. The lowest BCUT2D eigenvalue weighted by Crippen LogP contribution is -2.49. The van der Waals surface area contributed by atoms with Gasteiger partial charge in [-0.15, -0.1) is 11.8 Å². The SMILES string of the molecule is CC1CNCCN1C1=C2C=CC=CC2SC=C1. The van der Waals surface area contributed by atoms with Gasteiger partial charge in [-0.2, -0.15) is 0 Å². The summed E-state index contributed by atoms with van der Waals surface area (Å²) >= 11 is 1.90. The fraction of sp³-hybridized carbons (Fsp3) is 0.429. The van der Waals surface area contributed by atoms with Crippen molar-refractivity contribution in [1.82, 2.24) is 10.2 Å². The van der Waals surface area contributed by atoms with Crippen molar-refractivity contribution in [1.29, 1.82) is 0 Å².